The predicted octanol–water partition coefficient (Wildman–Crippen LogP) is 3.58. The summed E-state index contributed by atoms with van der Waals surface area (Å²) in [6.45, 7) is 0. The molecule has 8 heteroatoms. The molecule has 1 fully saturated rings. The Morgan fingerprint density at radius 2 is 2.07 bits per heavy atom. The molecule has 1 amide bonds. The summed E-state index contributed by atoms with van der Waals surface area (Å²) in [5.74, 6) is 0.442. The first-order chi connectivity index (χ1) is 13.6. The number of nitrogens with one attached hydrogen (secondary N) is 1. The highest BCUT2D eigenvalue weighted by molar-refractivity contribution is 5.76. The zero-order chi connectivity index (χ0) is 19.8. The van der Waals surface area contributed by atoms with Crippen LogP contribution < -0.4 is 5.32 Å². The van der Waals surface area contributed by atoms with Crippen molar-refractivity contribution in [3.63, 3.8) is 0 Å². The van der Waals surface area contributed by atoms with E-state index in [1.165, 1.54) is 31.8 Å². The fraction of sp³-hybridized carbons (Fsp3) is 0.600. The van der Waals surface area contributed by atoms with E-state index < -0.39 is 5.97 Å². The second-order valence-electron chi connectivity index (χ2n) is 7.46. The Labute approximate surface area is 163 Å². The van der Waals surface area contributed by atoms with Gasteiger partial charge in [-0.2, -0.15) is 4.98 Å². The fourth-order valence-corrected chi connectivity index (χ4v) is 3.76. The van der Waals surface area contributed by atoms with E-state index in [0.717, 1.165) is 24.8 Å². The van der Waals surface area contributed by atoms with E-state index in [9.17, 15) is 9.59 Å². The Bertz CT molecular complexity index is 750. The van der Waals surface area contributed by atoms with Crippen LogP contribution in [-0.2, 0) is 16.0 Å². The van der Waals surface area contributed by atoms with E-state index >= 15 is 0 Å². The molecule has 0 bridgehead atoms. The molecule has 8 nitrogen and oxygen atoms in total. The molecular weight excluding hydrogens is 362 g/mol. The normalized spacial score (nSPS) is 16.0. The number of furan rings is 1. The number of carboxylic acid groups (broad SMARTS) is 1. The lowest BCUT2D eigenvalue weighted by Crippen LogP contribution is -2.37. The van der Waals surface area contributed by atoms with E-state index in [-0.39, 0.29) is 24.8 Å². The maximum absolute atomic E-state index is 12.4. The van der Waals surface area contributed by atoms with Gasteiger partial charge in [0, 0.05) is 25.3 Å². The lowest BCUT2D eigenvalue weighted by molar-refractivity contribution is -0.137. The molecule has 2 N–H and O–H groups in total. The Morgan fingerprint density at radius 1 is 1.25 bits per heavy atom. The van der Waals surface area contributed by atoms with Crippen molar-refractivity contribution < 1.29 is 23.6 Å². The first-order valence-electron chi connectivity index (χ1n) is 9.96. The van der Waals surface area contributed by atoms with Crippen LogP contribution in [0.25, 0.3) is 11.4 Å². The summed E-state index contributed by atoms with van der Waals surface area (Å²) in [5.41, 5.74) is 0.723. The first-order valence-corrected chi connectivity index (χ1v) is 9.96. The lowest BCUT2D eigenvalue weighted by Gasteiger charge is -2.27. The van der Waals surface area contributed by atoms with Gasteiger partial charge < -0.3 is 19.4 Å². The topological polar surface area (TPSA) is 118 Å². The second kappa shape index (κ2) is 10.1. The third kappa shape index (κ3) is 6.21. The summed E-state index contributed by atoms with van der Waals surface area (Å²) in [6, 6.07) is 1.63. The first kappa shape index (κ1) is 20.1. The van der Waals surface area contributed by atoms with Gasteiger partial charge in [0.05, 0.1) is 11.8 Å². The largest absolute Gasteiger partial charge is 0.481 e. The van der Waals surface area contributed by atoms with Crippen LogP contribution in [0.15, 0.2) is 27.5 Å². The van der Waals surface area contributed by atoms with Gasteiger partial charge in [0.1, 0.15) is 6.26 Å². The summed E-state index contributed by atoms with van der Waals surface area (Å²) in [5, 5.41) is 15.9. The minimum atomic E-state index is -0.833. The summed E-state index contributed by atoms with van der Waals surface area (Å²) < 4.78 is 10.2. The molecule has 0 aliphatic heterocycles. The summed E-state index contributed by atoms with van der Waals surface area (Å²) >= 11 is 0. The van der Waals surface area contributed by atoms with Gasteiger partial charge in [-0.25, -0.2) is 0 Å². The number of hydrogen-bond donors (Lipinski definition) is 2. The Morgan fingerprint density at radius 3 is 2.79 bits per heavy atom. The van der Waals surface area contributed by atoms with Crippen LogP contribution in [0.5, 0.6) is 0 Å². The minimum Gasteiger partial charge on any atom is -0.481 e. The van der Waals surface area contributed by atoms with Crippen LogP contribution in [0, 0.1) is 5.92 Å². The predicted molar refractivity (Wildman–Crippen MR) is 100 cm³/mol. The smallest absolute Gasteiger partial charge is 0.303 e. The number of aliphatic carboxylic acids is 1. The monoisotopic (exact) mass is 389 g/mol. The van der Waals surface area contributed by atoms with Gasteiger partial charge in [-0.3, -0.25) is 9.59 Å². The average Bonchev–Trinajstić information content (AvgIpc) is 3.37. The van der Waals surface area contributed by atoms with Crippen molar-refractivity contribution in [3.8, 4) is 11.4 Å². The van der Waals surface area contributed by atoms with Gasteiger partial charge in [-0.1, -0.05) is 37.3 Å². The number of aromatic nitrogens is 2. The molecule has 1 atom stereocenters. The van der Waals surface area contributed by atoms with Crippen molar-refractivity contribution in [1.82, 2.24) is 15.5 Å². The molecule has 152 valence electrons. The second-order valence-corrected chi connectivity index (χ2v) is 7.46. The fourth-order valence-electron chi connectivity index (χ4n) is 3.76. The third-order valence-electron chi connectivity index (χ3n) is 5.23. The quantitative estimate of drug-likeness (QED) is 0.637. The van der Waals surface area contributed by atoms with Crippen LogP contribution in [-0.4, -0.2) is 33.2 Å². The van der Waals surface area contributed by atoms with E-state index in [1.54, 1.807) is 6.07 Å². The molecule has 0 saturated heterocycles. The number of nitrogens with zero attached hydrogens (tertiary/aromatic N) is 2. The summed E-state index contributed by atoms with van der Waals surface area (Å²) in [4.78, 5) is 27.6. The van der Waals surface area contributed by atoms with Crippen molar-refractivity contribution in [1.29, 1.82) is 0 Å². The Balaban J connectivity index is 1.48. The molecule has 3 rings (SSSR count). The summed E-state index contributed by atoms with van der Waals surface area (Å²) in [7, 11) is 0. The number of carbonyl (C=O) groups excluding carboxylic acids is 1. The molecule has 1 aliphatic carbocycles. The Hall–Kier alpha value is -2.64. The average molecular weight is 389 g/mol. The summed E-state index contributed by atoms with van der Waals surface area (Å²) in [6.07, 6.45) is 11.0. The van der Waals surface area contributed by atoms with Gasteiger partial charge in [-0.15, -0.1) is 0 Å². The van der Waals surface area contributed by atoms with Gasteiger partial charge in [0.15, 0.2) is 0 Å². The molecule has 0 aromatic carbocycles. The van der Waals surface area contributed by atoms with E-state index in [0.29, 0.717) is 30.5 Å². The third-order valence-corrected chi connectivity index (χ3v) is 5.23. The Kier molecular flexibility index (Phi) is 7.22. The zero-order valence-corrected chi connectivity index (χ0v) is 15.9. The lowest BCUT2D eigenvalue weighted by atomic mass is 9.84. The van der Waals surface area contributed by atoms with Crippen molar-refractivity contribution >= 4 is 11.9 Å². The van der Waals surface area contributed by atoms with Crippen molar-refractivity contribution in [2.24, 2.45) is 5.92 Å². The van der Waals surface area contributed by atoms with Crippen molar-refractivity contribution in [2.75, 3.05) is 0 Å². The molecule has 2 heterocycles. The highest BCUT2D eigenvalue weighted by Crippen LogP contribution is 2.28. The maximum atomic E-state index is 12.4. The van der Waals surface area contributed by atoms with Crippen LogP contribution >= 0.6 is 0 Å². The SMILES string of the molecule is O=C(O)CCC(CC1CCCCC1)NC(=O)CCc1nc(-c2ccoc2)no1. The minimum absolute atomic E-state index is 0.0649. The maximum Gasteiger partial charge on any atom is 0.303 e. The molecule has 0 radical (unpaired) electrons. The van der Waals surface area contributed by atoms with Gasteiger partial charge in [0.2, 0.25) is 17.6 Å². The molecule has 1 unspecified atom stereocenters. The van der Waals surface area contributed by atoms with Crippen molar-refractivity contribution in [2.45, 2.75) is 70.3 Å². The molecule has 0 spiro atoms. The van der Waals surface area contributed by atoms with Gasteiger partial charge >= 0.3 is 5.97 Å². The molecule has 28 heavy (non-hydrogen) atoms. The van der Waals surface area contributed by atoms with Gasteiger partial charge in [-0.05, 0) is 24.8 Å². The highest BCUT2D eigenvalue weighted by Gasteiger charge is 2.21. The molecule has 1 aliphatic rings. The molecule has 1 saturated carbocycles. The van der Waals surface area contributed by atoms with E-state index in [2.05, 4.69) is 15.5 Å². The zero-order valence-electron chi connectivity index (χ0n) is 15.9. The number of aryl methyl sites for hydroxylation is 1. The van der Waals surface area contributed by atoms with E-state index in [4.69, 9.17) is 14.0 Å². The number of amides is 1. The molecular formula is C20H27N3O5. The number of hydrogen-bond acceptors (Lipinski definition) is 6. The van der Waals surface area contributed by atoms with Crippen LogP contribution in [0.1, 0.15) is 63.7 Å². The van der Waals surface area contributed by atoms with Crippen LogP contribution in [0.4, 0.5) is 0 Å². The van der Waals surface area contributed by atoms with Crippen LogP contribution in [0.2, 0.25) is 0 Å². The van der Waals surface area contributed by atoms with Gasteiger partial charge in [0.25, 0.3) is 0 Å². The standard InChI is InChI=1S/C20H27N3O5/c24-17(7-8-18-22-20(23-28-18)15-10-11-27-13-15)21-16(6-9-19(25)26)12-14-4-2-1-3-5-14/h10-11,13-14,16H,1-9,12H2,(H,21,24)(H,25,26). The number of carboxylic acids is 1. The van der Waals surface area contributed by atoms with E-state index in [1.807, 2.05) is 0 Å². The van der Waals surface area contributed by atoms with Crippen LogP contribution in [0.3, 0.4) is 0 Å². The molecule has 2 aromatic heterocycles. The number of carbonyl (C=O) groups is 2. The number of rotatable bonds is 10. The molecule has 2 aromatic rings. The van der Waals surface area contributed by atoms with Crippen molar-refractivity contribution in [3.05, 3.63) is 24.5 Å². The highest BCUT2D eigenvalue weighted by atomic mass is 16.5.